The zero-order chi connectivity index (χ0) is 5.98. The third-order valence-electron chi connectivity index (χ3n) is 0.653. The molecule has 0 bridgehead atoms. The normalized spacial score (nSPS) is 9.25. The number of nitrogens with zero attached hydrogens (tertiary/aromatic N) is 3. The lowest BCUT2D eigenvalue weighted by atomic mass is 10.6. The maximum absolute atomic E-state index is 5.36. The average Bonchev–Trinajstić information content (AvgIpc) is 1.64. The molecule has 0 spiro atoms. The van der Waals surface area contributed by atoms with Crippen molar-refractivity contribution < 1.29 is 0 Å². The van der Waals surface area contributed by atoms with Gasteiger partial charge in [0.25, 0.3) is 0 Å². The van der Waals surface area contributed by atoms with Crippen LogP contribution >= 0.6 is 11.6 Å². The van der Waals surface area contributed by atoms with Gasteiger partial charge in [-0.2, -0.15) is 5.10 Å². The van der Waals surface area contributed by atoms with E-state index in [1.807, 2.05) is 0 Å². The van der Waals surface area contributed by atoms with E-state index in [2.05, 4.69) is 15.2 Å². The number of aryl methyl sites for hydroxylation is 1. The zero-order valence-corrected chi connectivity index (χ0v) is 5.05. The first-order valence-electron chi connectivity index (χ1n) is 2.11. The summed E-state index contributed by atoms with van der Waals surface area (Å²) in [5.41, 5.74) is 0.782. The van der Waals surface area contributed by atoms with Gasteiger partial charge in [0.2, 0.25) is 5.28 Å². The van der Waals surface area contributed by atoms with E-state index in [4.69, 9.17) is 11.6 Å². The predicted molar refractivity (Wildman–Crippen MR) is 29.6 cm³/mol. The van der Waals surface area contributed by atoms with Crippen LogP contribution in [0, 0.1) is 6.92 Å². The second-order valence-corrected chi connectivity index (χ2v) is 1.70. The smallest absolute Gasteiger partial charge is 0.220 e. The molecule has 8 heavy (non-hydrogen) atoms. The highest BCUT2D eigenvalue weighted by atomic mass is 35.5. The molecule has 1 heterocycles. The summed E-state index contributed by atoms with van der Waals surface area (Å²) in [4.78, 5) is 3.77. The third-order valence-corrected chi connectivity index (χ3v) is 0.814. The molecule has 0 saturated carbocycles. The van der Waals surface area contributed by atoms with Crippen LogP contribution in [0.25, 0.3) is 0 Å². The minimum Gasteiger partial charge on any atom is -0.220 e. The molecule has 0 amide bonds. The highest BCUT2D eigenvalue weighted by molar-refractivity contribution is 6.28. The molecular weight excluding hydrogens is 126 g/mol. The van der Waals surface area contributed by atoms with Crippen molar-refractivity contribution in [3.05, 3.63) is 17.2 Å². The van der Waals surface area contributed by atoms with Crippen molar-refractivity contribution in [2.45, 2.75) is 6.92 Å². The maximum atomic E-state index is 5.36. The van der Waals surface area contributed by atoms with Crippen LogP contribution in [0.3, 0.4) is 0 Å². The van der Waals surface area contributed by atoms with Crippen LogP contribution < -0.4 is 0 Å². The van der Waals surface area contributed by atoms with Gasteiger partial charge >= 0.3 is 0 Å². The minimum atomic E-state index is 0.199. The summed E-state index contributed by atoms with van der Waals surface area (Å²) in [6.07, 6.45) is 1.55. The Balaban J connectivity index is 3.08. The molecule has 1 aromatic heterocycles. The van der Waals surface area contributed by atoms with Crippen molar-refractivity contribution >= 4 is 11.6 Å². The van der Waals surface area contributed by atoms with Crippen LogP contribution in [0.1, 0.15) is 5.69 Å². The first-order valence-corrected chi connectivity index (χ1v) is 2.48. The molecule has 3 nitrogen and oxygen atoms in total. The summed E-state index contributed by atoms with van der Waals surface area (Å²) < 4.78 is 0. The van der Waals surface area contributed by atoms with Crippen LogP contribution in [0.4, 0.5) is 0 Å². The topological polar surface area (TPSA) is 38.7 Å². The van der Waals surface area contributed by atoms with Crippen LogP contribution in [-0.4, -0.2) is 15.2 Å². The van der Waals surface area contributed by atoms with Gasteiger partial charge in [0, 0.05) is 0 Å². The van der Waals surface area contributed by atoms with Gasteiger partial charge in [-0.05, 0) is 18.5 Å². The standard InChI is InChI=1S/C4H4ClN3/c1-3-2-6-8-4(5)7-3/h2H,1H3. The first kappa shape index (κ1) is 5.44. The highest BCUT2D eigenvalue weighted by Crippen LogP contribution is 1.95. The molecule has 0 radical (unpaired) electrons. The van der Waals surface area contributed by atoms with E-state index in [1.54, 1.807) is 13.1 Å². The molecule has 0 aliphatic carbocycles. The summed E-state index contributed by atoms with van der Waals surface area (Å²) >= 11 is 5.36. The third kappa shape index (κ3) is 1.13. The molecule has 0 aromatic carbocycles. The largest absolute Gasteiger partial charge is 0.243 e. The Hall–Kier alpha value is -0.700. The van der Waals surface area contributed by atoms with Crippen LogP contribution in [0.2, 0.25) is 5.28 Å². The Morgan fingerprint density at radius 3 is 2.75 bits per heavy atom. The molecule has 0 aliphatic rings. The highest BCUT2D eigenvalue weighted by Gasteiger charge is 1.87. The average molecular weight is 130 g/mol. The van der Waals surface area contributed by atoms with Gasteiger partial charge < -0.3 is 0 Å². The van der Waals surface area contributed by atoms with E-state index in [9.17, 15) is 0 Å². The summed E-state index contributed by atoms with van der Waals surface area (Å²) in [6, 6.07) is 0. The van der Waals surface area contributed by atoms with E-state index in [0.29, 0.717) is 0 Å². The van der Waals surface area contributed by atoms with Crippen LogP contribution in [-0.2, 0) is 0 Å². The number of rotatable bonds is 0. The van der Waals surface area contributed by atoms with Crippen molar-refractivity contribution in [2.24, 2.45) is 0 Å². The molecule has 0 saturated heterocycles. The summed E-state index contributed by atoms with van der Waals surface area (Å²) in [7, 11) is 0. The van der Waals surface area contributed by atoms with E-state index in [0.717, 1.165) is 5.69 Å². The molecule has 0 N–H and O–H groups in total. The fraction of sp³-hybridized carbons (Fsp3) is 0.250. The quantitative estimate of drug-likeness (QED) is 0.521. The molecule has 1 aromatic rings. The summed E-state index contributed by atoms with van der Waals surface area (Å²) in [5, 5.41) is 7.18. The Kier molecular flexibility index (Phi) is 1.39. The monoisotopic (exact) mass is 129 g/mol. The molecule has 0 fully saturated rings. The van der Waals surface area contributed by atoms with E-state index in [1.165, 1.54) is 0 Å². The molecule has 4 heteroatoms. The Morgan fingerprint density at radius 2 is 2.38 bits per heavy atom. The lowest BCUT2D eigenvalue weighted by Crippen LogP contribution is -1.87. The molecule has 0 unspecified atom stereocenters. The van der Waals surface area contributed by atoms with E-state index < -0.39 is 0 Å². The summed E-state index contributed by atoms with van der Waals surface area (Å²) in [6.45, 7) is 1.81. The van der Waals surface area contributed by atoms with Gasteiger partial charge in [-0.1, -0.05) is 0 Å². The van der Waals surface area contributed by atoms with Crippen molar-refractivity contribution in [2.75, 3.05) is 0 Å². The van der Waals surface area contributed by atoms with Crippen LogP contribution in [0.15, 0.2) is 6.20 Å². The number of halogens is 1. The molecule has 1 rings (SSSR count). The van der Waals surface area contributed by atoms with E-state index >= 15 is 0 Å². The zero-order valence-electron chi connectivity index (χ0n) is 4.30. The maximum Gasteiger partial charge on any atom is 0.243 e. The number of aromatic nitrogens is 3. The number of hydrogen-bond donors (Lipinski definition) is 0. The van der Waals surface area contributed by atoms with Crippen molar-refractivity contribution in [1.82, 2.24) is 15.2 Å². The van der Waals surface area contributed by atoms with Gasteiger partial charge in [0.05, 0.1) is 11.9 Å². The second-order valence-electron chi connectivity index (χ2n) is 1.37. The van der Waals surface area contributed by atoms with Crippen molar-refractivity contribution in [1.29, 1.82) is 0 Å². The van der Waals surface area contributed by atoms with E-state index in [-0.39, 0.29) is 5.28 Å². The van der Waals surface area contributed by atoms with Gasteiger partial charge in [0.1, 0.15) is 0 Å². The fourth-order valence-corrected chi connectivity index (χ4v) is 0.534. The lowest BCUT2D eigenvalue weighted by molar-refractivity contribution is 0.940. The lowest BCUT2D eigenvalue weighted by Gasteiger charge is -1.85. The van der Waals surface area contributed by atoms with Gasteiger partial charge in [-0.3, -0.25) is 0 Å². The SMILES string of the molecule is Cc1cnnc(Cl)n1. The molecule has 0 aliphatic heterocycles. The van der Waals surface area contributed by atoms with Gasteiger partial charge in [0.15, 0.2) is 0 Å². The second kappa shape index (κ2) is 2.05. The molecular formula is C4H4ClN3. The Morgan fingerprint density at radius 1 is 1.62 bits per heavy atom. The minimum absolute atomic E-state index is 0.199. The van der Waals surface area contributed by atoms with Gasteiger partial charge in [-0.25, -0.2) is 4.98 Å². The predicted octanol–water partition coefficient (Wildman–Crippen LogP) is 0.833. The molecule has 42 valence electrons. The van der Waals surface area contributed by atoms with Crippen molar-refractivity contribution in [3.63, 3.8) is 0 Å². The Labute approximate surface area is 51.7 Å². The fourth-order valence-electron chi connectivity index (χ4n) is 0.357. The van der Waals surface area contributed by atoms with Crippen molar-refractivity contribution in [3.8, 4) is 0 Å². The Bertz CT molecular complexity index is 171. The molecule has 0 atom stereocenters. The first-order chi connectivity index (χ1) is 3.79. The number of hydrogen-bond acceptors (Lipinski definition) is 3. The summed E-state index contributed by atoms with van der Waals surface area (Å²) in [5.74, 6) is 0. The van der Waals surface area contributed by atoms with Gasteiger partial charge in [-0.15, -0.1) is 5.10 Å². The van der Waals surface area contributed by atoms with Crippen LogP contribution in [0.5, 0.6) is 0 Å².